The Morgan fingerprint density at radius 3 is 2.89 bits per heavy atom. The average Bonchev–Trinajstić information content (AvgIpc) is 2.82. The highest BCUT2D eigenvalue weighted by Crippen LogP contribution is 2.11. The quantitative estimate of drug-likeness (QED) is 0.790. The minimum absolute atomic E-state index is 0.659. The molecule has 0 aliphatic carbocycles. The van der Waals surface area contributed by atoms with E-state index in [1.165, 1.54) is 0 Å². The number of hydrogen-bond donors (Lipinski definition) is 0. The van der Waals surface area contributed by atoms with Gasteiger partial charge in [-0.25, -0.2) is 9.97 Å². The molecule has 6 heteroatoms. The second-order valence-corrected chi connectivity index (χ2v) is 3.99. The molecule has 0 fully saturated rings. The molecule has 0 aliphatic heterocycles. The molecule has 0 spiro atoms. The third kappa shape index (κ3) is 2.65. The summed E-state index contributed by atoms with van der Waals surface area (Å²) >= 11 is 0. The van der Waals surface area contributed by atoms with Gasteiger partial charge in [0, 0.05) is 33.1 Å². The Hall–Kier alpha value is -1.95. The number of aromatic nitrogens is 4. The maximum Gasteiger partial charge on any atom is 0.159 e. The minimum atomic E-state index is 0.659. The van der Waals surface area contributed by atoms with E-state index in [1.54, 1.807) is 25.7 Å². The van der Waals surface area contributed by atoms with Crippen molar-refractivity contribution in [3.63, 3.8) is 0 Å². The molecule has 0 aliphatic rings. The summed E-state index contributed by atoms with van der Waals surface area (Å²) in [6, 6.07) is 0. The molecular formula is C12H17N5O. The first kappa shape index (κ1) is 12.5. The third-order valence-corrected chi connectivity index (χ3v) is 2.70. The molecule has 0 bridgehead atoms. The molecule has 18 heavy (non-hydrogen) atoms. The largest absolute Gasteiger partial charge is 0.383 e. The van der Waals surface area contributed by atoms with E-state index in [0.29, 0.717) is 6.61 Å². The van der Waals surface area contributed by atoms with Gasteiger partial charge in [0.15, 0.2) is 5.82 Å². The molecule has 0 unspecified atom stereocenters. The molecule has 0 radical (unpaired) electrons. The van der Waals surface area contributed by atoms with E-state index in [0.717, 1.165) is 24.0 Å². The fourth-order valence-electron chi connectivity index (χ4n) is 1.61. The van der Waals surface area contributed by atoms with E-state index >= 15 is 0 Å². The monoisotopic (exact) mass is 247 g/mol. The summed E-state index contributed by atoms with van der Waals surface area (Å²) in [4.78, 5) is 15.0. The van der Waals surface area contributed by atoms with Gasteiger partial charge in [-0.3, -0.25) is 9.55 Å². The number of aryl methyl sites for hydroxylation is 1. The normalized spacial score (nSPS) is 10.6. The van der Waals surface area contributed by atoms with Crippen LogP contribution in [0.15, 0.2) is 24.8 Å². The summed E-state index contributed by atoms with van der Waals surface area (Å²) in [5.41, 5.74) is 0. The van der Waals surface area contributed by atoms with E-state index in [4.69, 9.17) is 4.74 Å². The lowest BCUT2D eigenvalue weighted by Gasteiger charge is -2.17. The van der Waals surface area contributed by atoms with Gasteiger partial charge in [0.1, 0.15) is 11.6 Å². The zero-order valence-electron chi connectivity index (χ0n) is 10.9. The van der Waals surface area contributed by atoms with Crippen molar-refractivity contribution < 1.29 is 4.74 Å². The standard InChI is InChI=1S/C12H17N5O/c1-10-14-4-5-17(10)12-9-13-8-11(15-12)16(2)6-7-18-3/h4-5,8-9H,6-7H2,1-3H3. The van der Waals surface area contributed by atoms with Crippen LogP contribution in [0.5, 0.6) is 0 Å². The van der Waals surface area contributed by atoms with Gasteiger partial charge in [-0.05, 0) is 6.92 Å². The maximum absolute atomic E-state index is 5.05. The van der Waals surface area contributed by atoms with Crippen LogP contribution in [0, 0.1) is 6.92 Å². The number of methoxy groups -OCH3 is 1. The summed E-state index contributed by atoms with van der Waals surface area (Å²) in [5.74, 6) is 2.48. The number of anilines is 1. The SMILES string of the molecule is COCCN(C)c1cncc(-n2ccnc2C)n1. The first-order valence-corrected chi connectivity index (χ1v) is 5.75. The van der Waals surface area contributed by atoms with Crippen molar-refractivity contribution in [3.8, 4) is 5.82 Å². The zero-order chi connectivity index (χ0) is 13.0. The van der Waals surface area contributed by atoms with Crippen LogP contribution >= 0.6 is 0 Å². The summed E-state index contributed by atoms with van der Waals surface area (Å²) in [6.45, 7) is 3.37. The van der Waals surface area contributed by atoms with Gasteiger partial charge in [-0.15, -0.1) is 0 Å². The van der Waals surface area contributed by atoms with Crippen molar-refractivity contribution in [2.45, 2.75) is 6.92 Å². The molecule has 96 valence electrons. The van der Waals surface area contributed by atoms with Gasteiger partial charge in [0.2, 0.25) is 0 Å². The zero-order valence-corrected chi connectivity index (χ0v) is 10.9. The Balaban J connectivity index is 2.22. The lowest BCUT2D eigenvalue weighted by Crippen LogP contribution is -2.23. The maximum atomic E-state index is 5.05. The Labute approximate surface area is 106 Å². The lowest BCUT2D eigenvalue weighted by molar-refractivity contribution is 0.206. The predicted molar refractivity (Wildman–Crippen MR) is 69.0 cm³/mol. The van der Waals surface area contributed by atoms with Crippen molar-refractivity contribution in [2.24, 2.45) is 0 Å². The van der Waals surface area contributed by atoms with Crippen LogP contribution in [0.3, 0.4) is 0 Å². The molecule has 6 nitrogen and oxygen atoms in total. The predicted octanol–water partition coefficient (Wildman–Crippen LogP) is 1.05. The molecule has 0 aromatic carbocycles. The first-order chi connectivity index (χ1) is 8.72. The second kappa shape index (κ2) is 5.59. The van der Waals surface area contributed by atoms with Crippen LogP contribution in [0.2, 0.25) is 0 Å². The Kier molecular flexibility index (Phi) is 3.88. The first-order valence-electron chi connectivity index (χ1n) is 5.75. The number of nitrogens with zero attached hydrogens (tertiary/aromatic N) is 5. The Morgan fingerprint density at radius 2 is 2.22 bits per heavy atom. The third-order valence-electron chi connectivity index (χ3n) is 2.70. The molecule has 2 rings (SSSR count). The van der Waals surface area contributed by atoms with Crippen LogP contribution in [-0.2, 0) is 4.74 Å². The molecule has 0 amide bonds. The molecule has 0 saturated heterocycles. The molecule has 0 saturated carbocycles. The molecule has 2 aromatic rings. The van der Waals surface area contributed by atoms with Crippen LogP contribution < -0.4 is 4.90 Å². The fraction of sp³-hybridized carbons (Fsp3) is 0.417. The Bertz CT molecular complexity index is 511. The van der Waals surface area contributed by atoms with Crippen molar-refractivity contribution in [1.82, 2.24) is 19.5 Å². The topological polar surface area (TPSA) is 56.1 Å². The molecular weight excluding hydrogens is 230 g/mol. The summed E-state index contributed by atoms with van der Waals surface area (Å²) < 4.78 is 6.95. The minimum Gasteiger partial charge on any atom is -0.383 e. The van der Waals surface area contributed by atoms with Crippen LogP contribution in [-0.4, -0.2) is 46.8 Å². The summed E-state index contributed by atoms with van der Waals surface area (Å²) in [6.07, 6.45) is 7.09. The van der Waals surface area contributed by atoms with Crippen molar-refractivity contribution in [2.75, 3.05) is 32.2 Å². The highest BCUT2D eigenvalue weighted by molar-refractivity contribution is 5.38. The van der Waals surface area contributed by atoms with E-state index in [-0.39, 0.29) is 0 Å². The van der Waals surface area contributed by atoms with Crippen LogP contribution in [0.4, 0.5) is 5.82 Å². The van der Waals surface area contributed by atoms with Gasteiger partial charge in [0.25, 0.3) is 0 Å². The van der Waals surface area contributed by atoms with E-state index in [1.807, 2.05) is 29.6 Å². The number of imidazole rings is 1. The van der Waals surface area contributed by atoms with Gasteiger partial charge in [0.05, 0.1) is 19.0 Å². The highest BCUT2D eigenvalue weighted by Gasteiger charge is 2.06. The van der Waals surface area contributed by atoms with Gasteiger partial charge < -0.3 is 9.64 Å². The van der Waals surface area contributed by atoms with Crippen molar-refractivity contribution in [3.05, 3.63) is 30.6 Å². The van der Waals surface area contributed by atoms with Crippen LogP contribution in [0.1, 0.15) is 5.82 Å². The van der Waals surface area contributed by atoms with E-state index in [9.17, 15) is 0 Å². The number of hydrogen-bond acceptors (Lipinski definition) is 5. The molecule has 2 aromatic heterocycles. The number of ether oxygens (including phenoxy) is 1. The van der Waals surface area contributed by atoms with E-state index in [2.05, 4.69) is 15.0 Å². The average molecular weight is 247 g/mol. The fourth-order valence-corrected chi connectivity index (χ4v) is 1.61. The van der Waals surface area contributed by atoms with Crippen LogP contribution in [0.25, 0.3) is 5.82 Å². The summed E-state index contributed by atoms with van der Waals surface area (Å²) in [5, 5.41) is 0. The van der Waals surface area contributed by atoms with E-state index < -0.39 is 0 Å². The molecule has 2 heterocycles. The number of rotatable bonds is 5. The molecule has 0 atom stereocenters. The molecule has 0 N–H and O–H groups in total. The summed E-state index contributed by atoms with van der Waals surface area (Å²) in [7, 11) is 3.65. The lowest BCUT2D eigenvalue weighted by atomic mass is 10.5. The van der Waals surface area contributed by atoms with Crippen molar-refractivity contribution in [1.29, 1.82) is 0 Å². The van der Waals surface area contributed by atoms with Gasteiger partial charge in [-0.1, -0.05) is 0 Å². The van der Waals surface area contributed by atoms with Crippen molar-refractivity contribution >= 4 is 5.82 Å². The highest BCUT2D eigenvalue weighted by atomic mass is 16.5. The Morgan fingerprint density at radius 1 is 1.39 bits per heavy atom. The number of likely N-dealkylation sites (N-methyl/N-ethyl adjacent to an activating group) is 1. The van der Waals surface area contributed by atoms with Gasteiger partial charge in [-0.2, -0.15) is 0 Å². The smallest absolute Gasteiger partial charge is 0.159 e. The second-order valence-electron chi connectivity index (χ2n) is 3.99. The van der Waals surface area contributed by atoms with Gasteiger partial charge >= 0.3 is 0 Å².